The minimum absolute atomic E-state index is 0.0181. The highest BCUT2D eigenvalue weighted by Gasteiger charge is 2.25. The van der Waals surface area contributed by atoms with Crippen molar-refractivity contribution in [3.8, 4) is 0 Å². The number of hydrogen-bond donors (Lipinski definition) is 1. The molecule has 1 aliphatic carbocycles. The van der Waals surface area contributed by atoms with E-state index in [4.69, 9.17) is 0 Å². The predicted molar refractivity (Wildman–Crippen MR) is 102 cm³/mol. The van der Waals surface area contributed by atoms with Crippen molar-refractivity contribution in [2.24, 2.45) is 0 Å². The van der Waals surface area contributed by atoms with Crippen LogP contribution < -0.4 is 9.62 Å². The molecule has 1 aromatic rings. The third-order valence-electron chi connectivity index (χ3n) is 4.87. The highest BCUT2D eigenvalue weighted by Crippen LogP contribution is 2.35. The topological polar surface area (TPSA) is 66.5 Å². The van der Waals surface area contributed by atoms with Gasteiger partial charge in [0.2, 0.25) is 15.9 Å². The zero-order valence-electron chi connectivity index (χ0n) is 14.7. The molecule has 0 radical (unpaired) electrons. The van der Waals surface area contributed by atoms with E-state index in [1.165, 1.54) is 19.8 Å². The fraction of sp³-hybridized carbons (Fsp3) is 0.611. The molecule has 0 bridgehead atoms. The minimum atomic E-state index is -3.57. The van der Waals surface area contributed by atoms with Crippen molar-refractivity contribution in [2.45, 2.75) is 67.7 Å². The van der Waals surface area contributed by atoms with E-state index in [0.717, 1.165) is 48.4 Å². The van der Waals surface area contributed by atoms with Crippen molar-refractivity contribution >= 4 is 33.4 Å². The van der Waals surface area contributed by atoms with Crippen molar-refractivity contribution in [1.82, 2.24) is 4.72 Å². The Balaban J connectivity index is 1.87. The van der Waals surface area contributed by atoms with Gasteiger partial charge in [0.1, 0.15) is 0 Å². The quantitative estimate of drug-likeness (QED) is 0.812. The summed E-state index contributed by atoms with van der Waals surface area (Å²) in [6.07, 6.45) is 7.22. The maximum Gasteiger partial charge on any atom is 0.240 e. The summed E-state index contributed by atoms with van der Waals surface area (Å²) in [6, 6.07) is 5.18. The molecule has 1 heterocycles. The Kier molecular flexibility index (Phi) is 6.07. The summed E-state index contributed by atoms with van der Waals surface area (Å²) >= 11 is 1.68. The van der Waals surface area contributed by atoms with E-state index in [2.05, 4.69) is 4.72 Å². The first kappa shape index (κ1) is 18.7. The molecule has 3 rings (SSSR count). The second-order valence-corrected chi connectivity index (χ2v) is 9.66. The number of sulfonamides is 1. The molecule has 1 amide bonds. The molecule has 0 unspecified atom stereocenters. The number of anilines is 1. The van der Waals surface area contributed by atoms with Crippen molar-refractivity contribution < 1.29 is 13.2 Å². The highest BCUT2D eigenvalue weighted by atomic mass is 32.2. The summed E-state index contributed by atoms with van der Waals surface area (Å²) in [6.45, 7) is 2.17. The van der Waals surface area contributed by atoms with Gasteiger partial charge >= 0.3 is 0 Å². The number of amides is 1. The first-order valence-electron chi connectivity index (χ1n) is 9.05. The maximum atomic E-state index is 12.8. The maximum absolute atomic E-state index is 12.8. The van der Waals surface area contributed by atoms with Crippen molar-refractivity contribution in [2.75, 3.05) is 17.2 Å². The Hall–Kier alpha value is -1.05. The molecular weight excluding hydrogens is 356 g/mol. The van der Waals surface area contributed by atoms with Crippen LogP contribution >= 0.6 is 11.8 Å². The van der Waals surface area contributed by atoms with Gasteiger partial charge in [-0.05, 0) is 43.2 Å². The van der Waals surface area contributed by atoms with Crippen molar-refractivity contribution in [1.29, 1.82) is 0 Å². The molecule has 138 valence electrons. The SMILES string of the molecule is CC(=O)N1CCCSc2ccc(S(=O)(=O)NC3CCCCCC3)cc21. The lowest BCUT2D eigenvalue weighted by Gasteiger charge is -2.22. The van der Waals surface area contributed by atoms with Crippen LogP contribution in [0.5, 0.6) is 0 Å². The minimum Gasteiger partial charge on any atom is -0.311 e. The Morgan fingerprint density at radius 2 is 1.88 bits per heavy atom. The molecule has 1 aliphatic heterocycles. The van der Waals surface area contributed by atoms with Crippen LogP contribution in [-0.4, -0.2) is 32.7 Å². The van der Waals surface area contributed by atoms with Gasteiger partial charge in [-0.2, -0.15) is 0 Å². The number of hydrogen-bond acceptors (Lipinski definition) is 4. The van der Waals surface area contributed by atoms with E-state index in [9.17, 15) is 13.2 Å². The average Bonchev–Trinajstić information content (AvgIpc) is 2.94. The number of carbonyl (C=O) groups excluding carboxylic acids is 1. The van der Waals surface area contributed by atoms with Crippen LogP contribution in [0.25, 0.3) is 0 Å². The fourth-order valence-electron chi connectivity index (χ4n) is 3.53. The average molecular weight is 383 g/mol. The van der Waals surface area contributed by atoms with E-state index in [0.29, 0.717) is 6.54 Å². The summed E-state index contributed by atoms with van der Waals surface area (Å²) in [4.78, 5) is 14.9. The van der Waals surface area contributed by atoms with E-state index in [-0.39, 0.29) is 16.8 Å². The molecule has 1 aromatic carbocycles. The molecule has 5 nitrogen and oxygen atoms in total. The molecule has 7 heteroatoms. The second kappa shape index (κ2) is 8.10. The van der Waals surface area contributed by atoms with Gasteiger partial charge < -0.3 is 4.90 Å². The summed E-state index contributed by atoms with van der Waals surface area (Å²) in [5, 5.41) is 0. The lowest BCUT2D eigenvalue weighted by atomic mass is 10.1. The number of rotatable bonds is 3. The largest absolute Gasteiger partial charge is 0.311 e. The zero-order valence-corrected chi connectivity index (χ0v) is 16.3. The van der Waals surface area contributed by atoms with E-state index in [1.807, 2.05) is 6.07 Å². The van der Waals surface area contributed by atoms with Gasteiger partial charge in [-0.3, -0.25) is 4.79 Å². The van der Waals surface area contributed by atoms with Crippen LogP contribution in [0.2, 0.25) is 0 Å². The standard InChI is InChI=1S/C18H26N2O3S2/c1-14(21)20-11-6-12-24-18-10-9-16(13-17(18)20)25(22,23)19-15-7-4-2-3-5-8-15/h9-10,13,15,19H,2-8,11-12H2,1H3. The third-order valence-corrected chi connectivity index (χ3v) is 7.54. The Morgan fingerprint density at radius 3 is 2.56 bits per heavy atom. The van der Waals surface area contributed by atoms with Crippen LogP contribution in [0.15, 0.2) is 28.0 Å². The molecule has 1 fully saturated rings. The van der Waals surface area contributed by atoms with Gasteiger partial charge in [0.05, 0.1) is 10.6 Å². The number of nitrogens with one attached hydrogen (secondary N) is 1. The lowest BCUT2D eigenvalue weighted by molar-refractivity contribution is -0.116. The predicted octanol–water partition coefficient (Wildman–Crippen LogP) is 3.54. The molecule has 2 aliphatic rings. The summed E-state index contributed by atoms with van der Waals surface area (Å²) in [7, 11) is -3.57. The van der Waals surface area contributed by atoms with Gasteiger partial charge in [0.15, 0.2) is 0 Å². The molecule has 0 atom stereocenters. The first-order chi connectivity index (χ1) is 12.0. The fourth-order valence-corrected chi connectivity index (χ4v) is 5.83. The summed E-state index contributed by atoms with van der Waals surface area (Å²) < 4.78 is 28.6. The van der Waals surface area contributed by atoms with Gasteiger partial charge in [-0.15, -0.1) is 11.8 Å². The normalized spacial score (nSPS) is 19.8. The summed E-state index contributed by atoms with van der Waals surface area (Å²) in [5.41, 5.74) is 0.721. The third kappa shape index (κ3) is 4.57. The van der Waals surface area contributed by atoms with E-state index < -0.39 is 10.0 Å². The molecule has 1 N–H and O–H groups in total. The van der Waals surface area contributed by atoms with E-state index >= 15 is 0 Å². The number of nitrogens with zero attached hydrogens (tertiary/aromatic N) is 1. The van der Waals surface area contributed by atoms with Crippen molar-refractivity contribution in [3.05, 3.63) is 18.2 Å². The Morgan fingerprint density at radius 1 is 1.16 bits per heavy atom. The highest BCUT2D eigenvalue weighted by molar-refractivity contribution is 7.99. The molecular formula is C18H26N2O3S2. The molecule has 25 heavy (non-hydrogen) atoms. The Labute approximate surface area is 154 Å². The number of benzene rings is 1. The van der Waals surface area contributed by atoms with Gasteiger partial charge in [0, 0.05) is 24.4 Å². The van der Waals surface area contributed by atoms with Crippen molar-refractivity contribution in [3.63, 3.8) is 0 Å². The molecule has 0 spiro atoms. The smallest absolute Gasteiger partial charge is 0.240 e. The lowest BCUT2D eigenvalue weighted by Crippen LogP contribution is -2.34. The van der Waals surface area contributed by atoms with E-state index in [1.54, 1.807) is 28.8 Å². The second-order valence-electron chi connectivity index (χ2n) is 6.81. The zero-order chi connectivity index (χ0) is 17.9. The number of fused-ring (bicyclic) bond motifs is 1. The van der Waals surface area contributed by atoms with Crippen LogP contribution in [0.1, 0.15) is 51.9 Å². The Bertz CT molecular complexity index is 726. The number of carbonyl (C=O) groups is 1. The van der Waals surface area contributed by atoms with Gasteiger partial charge in [-0.1, -0.05) is 25.7 Å². The monoisotopic (exact) mass is 382 g/mol. The molecule has 0 saturated heterocycles. The summed E-state index contributed by atoms with van der Waals surface area (Å²) in [5.74, 6) is 0.887. The number of thioether (sulfide) groups is 1. The first-order valence-corrected chi connectivity index (χ1v) is 11.5. The van der Waals surface area contributed by atoms with Crippen LogP contribution in [0, 0.1) is 0 Å². The van der Waals surface area contributed by atoms with Crippen LogP contribution in [0.4, 0.5) is 5.69 Å². The molecule has 0 aromatic heterocycles. The molecule has 1 saturated carbocycles. The van der Waals surface area contributed by atoms with Gasteiger partial charge in [0.25, 0.3) is 0 Å². The van der Waals surface area contributed by atoms with Crippen LogP contribution in [-0.2, 0) is 14.8 Å². The van der Waals surface area contributed by atoms with Crippen LogP contribution in [0.3, 0.4) is 0 Å². The van der Waals surface area contributed by atoms with Gasteiger partial charge in [-0.25, -0.2) is 13.1 Å².